The van der Waals surface area contributed by atoms with Crippen LogP contribution in [-0.4, -0.2) is 33.9 Å². The van der Waals surface area contributed by atoms with Crippen molar-refractivity contribution in [3.05, 3.63) is 71.8 Å². The Bertz CT molecular complexity index is 985. The molecule has 1 atom stereocenters. The van der Waals surface area contributed by atoms with Gasteiger partial charge in [0, 0.05) is 34.1 Å². The van der Waals surface area contributed by atoms with Crippen LogP contribution in [0.4, 0.5) is 5.69 Å². The van der Waals surface area contributed by atoms with Crippen molar-refractivity contribution < 1.29 is 4.79 Å². The van der Waals surface area contributed by atoms with Gasteiger partial charge in [-0.3, -0.25) is 9.69 Å². The lowest BCUT2D eigenvalue weighted by atomic mass is 9.95. The van der Waals surface area contributed by atoms with Crippen LogP contribution in [0.3, 0.4) is 0 Å². The third-order valence-corrected chi connectivity index (χ3v) is 5.88. The number of rotatable bonds is 0. The molecule has 2 aliphatic heterocycles. The zero-order valence-electron chi connectivity index (χ0n) is 18.1. The Balaban J connectivity index is 0.000000606. The van der Waals surface area contributed by atoms with Crippen LogP contribution >= 0.6 is 11.8 Å². The molecular weight excluding hydrogens is 392 g/mol. The van der Waals surface area contributed by atoms with Crippen LogP contribution in [0.15, 0.2) is 64.6 Å². The molecule has 158 valence electrons. The molecule has 2 aliphatic rings. The highest BCUT2D eigenvalue weighted by molar-refractivity contribution is 7.99. The highest BCUT2D eigenvalue weighted by atomic mass is 32.2. The minimum Gasteiger partial charge on any atom is -0.348 e. The van der Waals surface area contributed by atoms with E-state index in [4.69, 9.17) is 0 Å². The zero-order valence-corrected chi connectivity index (χ0v) is 18.9. The first-order chi connectivity index (χ1) is 14.8. The first-order valence-corrected chi connectivity index (χ1v) is 11.5. The summed E-state index contributed by atoms with van der Waals surface area (Å²) >= 11 is 1.71. The molecule has 4 bridgehead atoms. The van der Waals surface area contributed by atoms with E-state index in [1.165, 1.54) is 16.2 Å². The van der Waals surface area contributed by atoms with E-state index in [0.717, 1.165) is 29.2 Å². The molecule has 3 heterocycles. The lowest BCUT2D eigenvalue weighted by molar-refractivity contribution is -0.117. The van der Waals surface area contributed by atoms with Crippen LogP contribution < -0.4 is 5.32 Å². The summed E-state index contributed by atoms with van der Waals surface area (Å²) in [6.07, 6.45) is 2.64. The maximum atomic E-state index is 12.6. The second kappa shape index (κ2) is 10.5. The normalized spacial score (nSPS) is 17.3. The topological polar surface area (TPSA) is 61.0 Å². The summed E-state index contributed by atoms with van der Waals surface area (Å²) < 4.78 is 0. The molecule has 6 heteroatoms. The Kier molecular flexibility index (Phi) is 7.71. The summed E-state index contributed by atoms with van der Waals surface area (Å²) in [5.74, 6) is 0.00728. The van der Waals surface area contributed by atoms with Crippen molar-refractivity contribution in [2.45, 2.75) is 49.9 Å². The number of imidazole rings is 1. The van der Waals surface area contributed by atoms with E-state index < -0.39 is 0 Å². The third kappa shape index (κ3) is 4.77. The van der Waals surface area contributed by atoms with Gasteiger partial charge in [-0.2, -0.15) is 0 Å². The molecule has 1 aromatic heterocycles. The molecule has 0 fully saturated rings. The fourth-order valence-corrected chi connectivity index (χ4v) is 4.72. The number of H-pyrrole nitrogens is 1. The number of nitrogens with one attached hydrogen (secondary N) is 2. The Labute approximate surface area is 183 Å². The van der Waals surface area contributed by atoms with Gasteiger partial charge in [-0.25, -0.2) is 4.98 Å². The number of aromatic nitrogens is 2. The standard InChI is InChI=1S/C20H18N4OS.2C2H6/c25-18-11-24-8-7-17-19(22-12-21-17)20(24)13-3-1-5-15(9-13)26-16-6-2-4-14(10-16)23-18;2*1-2/h1-6,9-10,12,20H,7-8,11H2,(H,21,22)(H,23,25);2*1-2H3. The molecule has 5 rings (SSSR count). The first-order valence-electron chi connectivity index (χ1n) is 10.7. The van der Waals surface area contributed by atoms with Gasteiger partial charge in [-0.15, -0.1) is 0 Å². The predicted molar refractivity (Wildman–Crippen MR) is 124 cm³/mol. The van der Waals surface area contributed by atoms with E-state index in [1.807, 2.05) is 45.9 Å². The Morgan fingerprint density at radius 1 is 1.03 bits per heavy atom. The second-order valence-corrected chi connectivity index (χ2v) is 7.79. The number of fused-ring (bicyclic) bond motifs is 8. The molecule has 0 saturated heterocycles. The first kappa shape index (κ1) is 22.1. The molecule has 0 aliphatic carbocycles. The van der Waals surface area contributed by atoms with E-state index in [9.17, 15) is 4.79 Å². The molecule has 30 heavy (non-hydrogen) atoms. The predicted octanol–water partition coefficient (Wildman–Crippen LogP) is 5.51. The van der Waals surface area contributed by atoms with Gasteiger partial charge in [0.25, 0.3) is 0 Å². The molecule has 2 aromatic carbocycles. The van der Waals surface area contributed by atoms with Crippen LogP contribution in [0.25, 0.3) is 0 Å². The molecule has 1 amide bonds. The van der Waals surface area contributed by atoms with Gasteiger partial charge in [0.15, 0.2) is 0 Å². The number of nitrogens with zero attached hydrogens (tertiary/aromatic N) is 2. The number of anilines is 1. The monoisotopic (exact) mass is 422 g/mol. The van der Waals surface area contributed by atoms with Crippen LogP contribution in [0.1, 0.15) is 50.7 Å². The van der Waals surface area contributed by atoms with E-state index in [-0.39, 0.29) is 11.9 Å². The Morgan fingerprint density at radius 3 is 2.57 bits per heavy atom. The minimum atomic E-state index is -0.00549. The molecule has 0 saturated carbocycles. The Morgan fingerprint density at radius 2 is 1.77 bits per heavy atom. The molecular formula is C24H30N4OS. The van der Waals surface area contributed by atoms with Gasteiger partial charge in [-0.1, -0.05) is 57.7 Å². The van der Waals surface area contributed by atoms with Gasteiger partial charge in [-0.05, 0) is 35.9 Å². The van der Waals surface area contributed by atoms with Crippen LogP contribution in [0, 0.1) is 0 Å². The van der Waals surface area contributed by atoms with Crippen molar-refractivity contribution in [2.24, 2.45) is 0 Å². The summed E-state index contributed by atoms with van der Waals surface area (Å²) in [6.45, 7) is 9.17. The van der Waals surface area contributed by atoms with Crippen molar-refractivity contribution in [1.82, 2.24) is 14.9 Å². The third-order valence-electron chi connectivity index (χ3n) is 4.90. The summed E-state index contributed by atoms with van der Waals surface area (Å²) in [4.78, 5) is 25.0. The van der Waals surface area contributed by atoms with Crippen molar-refractivity contribution in [3.63, 3.8) is 0 Å². The highest BCUT2D eigenvalue weighted by Gasteiger charge is 2.32. The largest absolute Gasteiger partial charge is 0.348 e. The fourth-order valence-electron chi connectivity index (χ4n) is 3.77. The SMILES string of the molecule is CC.CC.O=C1CN2CCc3[nH]cnc3C2c2cccc(c2)Sc2cccc(c2)N1. The second-order valence-electron chi connectivity index (χ2n) is 6.64. The van der Waals surface area contributed by atoms with Gasteiger partial charge in [0.1, 0.15) is 0 Å². The molecule has 3 aromatic rings. The van der Waals surface area contributed by atoms with E-state index in [2.05, 4.69) is 50.5 Å². The summed E-state index contributed by atoms with van der Waals surface area (Å²) in [7, 11) is 0. The van der Waals surface area contributed by atoms with Crippen molar-refractivity contribution in [3.8, 4) is 0 Å². The zero-order chi connectivity index (χ0) is 21.5. The maximum Gasteiger partial charge on any atom is 0.238 e. The number of carbonyl (C=O) groups is 1. The molecule has 1 unspecified atom stereocenters. The van der Waals surface area contributed by atoms with Gasteiger partial charge in [0.05, 0.1) is 24.6 Å². The van der Waals surface area contributed by atoms with E-state index in [0.29, 0.717) is 6.54 Å². The summed E-state index contributed by atoms with van der Waals surface area (Å²) in [5, 5.41) is 3.04. The number of hydrogen-bond donors (Lipinski definition) is 2. The van der Waals surface area contributed by atoms with Gasteiger partial charge in [0.2, 0.25) is 5.91 Å². The number of carbonyl (C=O) groups excluding carboxylic acids is 1. The van der Waals surface area contributed by atoms with Crippen molar-refractivity contribution >= 4 is 23.4 Å². The van der Waals surface area contributed by atoms with Crippen molar-refractivity contribution in [1.29, 1.82) is 0 Å². The van der Waals surface area contributed by atoms with Crippen molar-refractivity contribution in [2.75, 3.05) is 18.4 Å². The molecule has 0 radical (unpaired) electrons. The van der Waals surface area contributed by atoms with Crippen LogP contribution in [0.2, 0.25) is 0 Å². The lowest BCUT2D eigenvalue weighted by Gasteiger charge is -2.35. The van der Waals surface area contributed by atoms with Gasteiger partial charge >= 0.3 is 0 Å². The summed E-state index contributed by atoms with van der Waals surface area (Å²) in [5.41, 5.74) is 4.21. The average molecular weight is 423 g/mol. The Hall–Kier alpha value is -2.57. The molecule has 2 N–H and O–H groups in total. The number of amides is 1. The van der Waals surface area contributed by atoms with E-state index >= 15 is 0 Å². The average Bonchev–Trinajstić information content (AvgIpc) is 3.25. The van der Waals surface area contributed by atoms with Crippen LogP contribution in [0.5, 0.6) is 0 Å². The number of benzene rings is 2. The molecule has 5 nitrogen and oxygen atoms in total. The lowest BCUT2D eigenvalue weighted by Crippen LogP contribution is -2.41. The fraction of sp³-hybridized carbons (Fsp3) is 0.333. The number of aromatic amines is 1. The smallest absolute Gasteiger partial charge is 0.238 e. The summed E-state index contributed by atoms with van der Waals surface area (Å²) in [6, 6.07) is 16.6. The van der Waals surface area contributed by atoms with Crippen LogP contribution in [-0.2, 0) is 11.2 Å². The number of hydrogen-bond acceptors (Lipinski definition) is 4. The van der Waals surface area contributed by atoms with Gasteiger partial charge < -0.3 is 10.3 Å². The quantitative estimate of drug-likeness (QED) is 0.501. The van der Waals surface area contributed by atoms with E-state index in [1.54, 1.807) is 18.1 Å². The minimum absolute atomic E-state index is 0.00549. The maximum absolute atomic E-state index is 12.6. The molecule has 0 spiro atoms. The highest BCUT2D eigenvalue weighted by Crippen LogP contribution is 2.37.